The van der Waals surface area contributed by atoms with Crippen molar-refractivity contribution in [3.63, 3.8) is 0 Å². The Bertz CT molecular complexity index is 544. The van der Waals surface area contributed by atoms with E-state index in [0.29, 0.717) is 17.9 Å². The largest absolute Gasteiger partial charge is 0.317 e. The van der Waals surface area contributed by atoms with E-state index in [1.807, 2.05) is 12.3 Å². The number of hydrogen-bond donors (Lipinski definition) is 1. The minimum absolute atomic E-state index is 0.655. The Kier molecular flexibility index (Phi) is 3.04. The molecule has 1 saturated carbocycles. The van der Waals surface area contributed by atoms with Gasteiger partial charge in [0.25, 0.3) is 0 Å². The zero-order valence-corrected chi connectivity index (χ0v) is 11.1. The fraction of sp³-hybridized carbons (Fsp3) is 0.438. The van der Waals surface area contributed by atoms with Crippen LogP contribution < -0.4 is 5.32 Å². The minimum Gasteiger partial charge on any atom is -0.317 e. The van der Waals surface area contributed by atoms with Crippen LogP contribution in [0.5, 0.6) is 0 Å². The number of benzene rings is 1. The lowest BCUT2D eigenvalue weighted by atomic mass is 9.86. The summed E-state index contributed by atoms with van der Waals surface area (Å²) in [5.41, 5.74) is 2.60. The van der Waals surface area contributed by atoms with Gasteiger partial charge in [-0.25, -0.2) is 0 Å². The number of hydrogen-bond acceptors (Lipinski definition) is 2. The first-order valence-corrected chi connectivity index (χ1v) is 6.82. The lowest BCUT2D eigenvalue weighted by molar-refractivity contribution is 0.430. The molecule has 0 bridgehead atoms. The van der Waals surface area contributed by atoms with E-state index in [1.165, 1.54) is 23.8 Å². The summed E-state index contributed by atoms with van der Waals surface area (Å²) in [6.45, 7) is 2.37. The second-order valence-electron chi connectivity index (χ2n) is 5.36. The van der Waals surface area contributed by atoms with Gasteiger partial charge in [-0.3, -0.25) is 4.98 Å². The fourth-order valence-corrected chi connectivity index (χ4v) is 3.46. The van der Waals surface area contributed by atoms with Gasteiger partial charge in [0.2, 0.25) is 0 Å². The van der Waals surface area contributed by atoms with Crippen LogP contribution in [0.1, 0.15) is 31.2 Å². The van der Waals surface area contributed by atoms with Gasteiger partial charge in [0.05, 0.1) is 5.52 Å². The number of nitrogens with zero attached hydrogens (tertiary/aromatic N) is 1. The third-order valence-corrected chi connectivity index (χ3v) is 4.51. The predicted molar refractivity (Wildman–Crippen MR) is 75.7 cm³/mol. The monoisotopic (exact) mass is 240 g/mol. The third-order valence-electron chi connectivity index (χ3n) is 4.51. The van der Waals surface area contributed by atoms with Crippen molar-refractivity contribution in [3.05, 3.63) is 42.1 Å². The minimum atomic E-state index is 0.655. The Morgan fingerprint density at radius 2 is 2.06 bits per heavy atom. The van der Waals surface area contributed by atoms with Crippen molar-refractivity contribution >= 4 is 10.9 Å². The van der Waals surface area contributed by atoms with Crippen molar-refractivity contribution in [2.75, 3.05) is 7.05 Å². The maximum atomic E-state index is 4.46. The van der Waals surface area contributed by atoms with Gasteiger partial charge in [-0.05, 0) is 49.4 Å². The van der Waals surface area contributed by atoms with Gasteiger partial charge < -0.3 is 5.32 Å². The zero-order valence-electron chi connectivity index (χ0n) is 11.1. The molecule has 1 heterocycles. The second-order valence-corrected chi connectivity index (χ2v) is 5.36. The van der Waals surface area contributed by atoms with Crippen LogP contribution in [-0.2, 0) is 0 Å². The van der Waals surface area contributed by atoms with E-state index >= 15 is 0 Å². The molecule has 1 fully saturated rings. The average molecular weight is 240 g/mol. The van der Waals surface area contributed by atoms with Crippen molar-refractivity contribution in [1.82, 2.24) is 10.3 Å². The van der Waals surface area contributed by atoms with Crippen molar-refractivity contribution in [1.29, 1.82) is 0 Å². The van der Waals surface area contributed by atoms with Gasteiger partial charge in [-0.15, -0.1) is 0 Å². The summed E-state index contributed by atoms with van der Waals surface area (Å²) in [6.07, 6.45) is 4.43. The summed E-state index contributed by atoms with van der Waals surface area (Å²) < 4.78 is 0. The van der Waals surface area contributed by atoms with E-state index in [9.17, 15) is 0 Å². The molecular formula is C16H20N2. The molecule has 94 valence electrons. The van der Waals surface area contributed by atoms with Gasteiger partial charge >= 0.3 is 0 Å². The summed E-state index contributed by atoms with van der Waals surface area (Å²) >= 11 is 0. The summed E-state index contributed by atoms with van der Waals surface area (Å²) in [5.74, 6) is 1.36. The molecule has 0 aliphatic heterocycles. The Labute approximate surface area is 108 Å². The van der Waals surface area contributed by atoms with E-state index < -0.39 is 0 Å². The second kappa shape index (κ2) is 4.69. The summed E-state index contributed by atoms with van der Waals surface area (Å²) in [4.78, 5) is 4.46. The summed E-state index contributed by atoms with van der Waals surface area (Å²) in [7, 11) is 2.08. The average Bonchev–Trinajstić information content (AvgIpc) is 2.79. The maximum absolute atomic E-state index is 4.46. The van der Waals surface area contributed by atoms with E-state index in [1.54, 1.807) is 0 Å². The Balaban J connectivity index is 2.05. The van der Waals surface area contributed by atoms with Crippen LogP contribution in [0.4, 0.5) is 0 Å². The van der Waals surface area contributed by atoms with E-state index in [2.05, 4.69) is 48.5 Å². The highest BCUT2D eigenvalue weighted by Crippen LogP contribution is 2.41. The van der Waals surface area contributed by atoms with Crippen LogP contribution in [0, 0.1) is 5.92 Å². The molecule has 2 heteroatoms. The highest BCUT2D eigenvalue weighted by molar-refractivity contribution is 5.82. The highest BCUT2D eigenvalue weighted by Gasteiger charge is 2.33. The van der Waals surface area contributed by atoms with Crippen molar-refractivity contribution in [2.45, 2.75) is 31.7 Å². The molecule has 0 amide bonds. The molecule has 0 spiro atoms. The number of pyridine rings is 1. The Morgan fingerprint density at radius 3 is 2.83 bits per heavy atom. The van der Waals surface area contributed by atoms with Gasteiger partial charge in [0.15, 0.2) is 0 Å². The Hall–Kier alpha value is -1.41. The van der Waals surface area contributed by atoms with Crippen molar-refractivity contribution in [3.8, 4) is 0 Å². The highest BCUT2D eigenvalue weighted by atomic mass is 14.9. The molecule has 3 rings (SSSR count). The molecule has 2 aromatic rings. The first kappa shape index (κ1) is 11.7. The molecule has 1 aliphatic carbocycles. The van der Waals surface area contributed by atoms with Gasteiger partial charge in [0, 0.05) is 17.6 Å². The number of fused-ring (bicyclic) bond motifs is 1. The molecule has 3 atom stereocenters. The van der Waals surface area contributed by atoms with Gasteiger partial charge in [-0.1, -0.05) is 25.1 Å². The summed E-state index contributed by atoms with van der Waals surface area (Å²) in [5, 5.41) is 4.77. The molecule has 2 nitrogen and oxygen atoms in total. The first-order chi connectivity index (χ1) is 8.81. The van der Waals surface area contributed by atoms with Gasteiger partial charge in [-0.2, -0.15) is 0 Å². The van der Waals surface area contributed by atoms with Crippen molar-refractivity contribution < 1.29 is 0 Å². The first-order valence-electron chi connectivity index (χ1n) is 6.82. The SMILES string of the molecule is CNC1CCC(c2cccc3ncccc23)C1C. The molecule has 3 unspecified atom stereocenters. The van der Waals surface area contributed by atoms with Crippen LogP contribution in [0.15, 0.2) is 36.5 Å². The fourth-order valence-electron chi connectivity index (χ4n) is 3.46. The lowest BCUT2D eigenvalue weighted by Crippen LogP contribution is -2.28. The molecule has 18 heavy (non-hydrogen) atoms. The topological polar surface area (TPSA) is 24.9 Å². The maximum Gasteiger partial charge on any atom is 0.0704 e. The smallest absolute Gasteiger partial charge is 0.0704 e. The lowest BCUT2D eigenvalue weighted by Gasteiger charge is -2.21. The number of nitrogens with one attached hydrogen (secondary N) is 1. The van der Waals surface area contributed by atoms with Crippen LogP contribution in [0.2, 0.25) is 0 Å². The normalized spacial score (nSPS) is 27.8. The van der Waals surface area contributed by atoms with Crippen LogP contribution in [0.25, 0.3) is 10.9 Å². The van der Waals surface area contributed by atoms with Crippen LogP contribution in [0.3, 0.4) is 0 Å². The van der Waals surface area contributed by atoms with E-state index in [0.717, 1.165) is 5.52 Å². The zero-order chi connectivity index (χ0) is 12.5. The number of rotatable bonds is 2. The summed E-state index contributed by atoms with van der Waals surface area (Å²) in [6, 6.07) is 11.4. The Morgan fingerprint density at radius 1 is 1.17 bits per heavy atom. The molecule has 1 N–H and O–H groups in total. The number of aromatic nitrogens is 1. The third kappa shape index (κ3) is 1.81. The molecule has 1 aromatic heterocycles. The molecule has 0 radical (unpaired) electrons. The predicted octanol–water partition coefficient (Wildman–Crippen LogP) is 3.34. The standard InChI is InChI=1S/C16H20N2/c1-11-12(8-9-15(11)17-2)13-5-3-7-16-14(13)6-4-10-18-16/h3-7,10-12,15,17H,8-9H2,1-2H3. The van der Waals surface area contributed by atoms with Crippen LogP contribution >= 0.6 is 0 Å². The van der Waals surface area contributed by atoms with Gasteiger partial charge in [0.1, 0.15) is 0 Å². The molecule has 1 aromatic carbocycles. The van der Waals surface area contributed by atoms with Crippen molar-refractivity contribution in [2.24, 2.45) is 5.92 Å². The molecule has 0 saturated heterocycles. The van der Waals surface area contributed by atoms with Crippen LogP contribution in [-0.4, -0.2) is 18.1 Å². The van der Waals surface area contributed by atoms with E-state index in [-0.39, 0.29) is 0 Å². The quantitative estimate of drug-likeness (QED) is 0.871. The van der Waals surface area contributed by atoms with E-state index in [4.69, 9.17) is 0 Å². The molecular weight excluding hydrogens is 220 g/mol. The molecule has 1 aliphatic rings.